The Labute approximate surface area is 195 Å². The molecule has 0 N–H and O–H groups in total. The van der Waals surface area contributed by atoms with E-state index in [1.54, 1.807) is 6.20 Å². The molecule has 1 radical (unpaired) electrons. The van der Waals surface area contributed by atoms with E-state index < -0.39 is 0 Å². The van der Waals surface area contributed by atoms with E-state index in [0.29, 0.717) is 6.61 Å². The summed E-state index contributed by atoms with van der Waals surface area (Å²) in [6.07, 6.45) is 3.68. The average molecular weight is 579 g/mol. The van der Waals surface area contributed by atoms with Gasteiger partial charge >= 0.3 is 0 Å². The Morgan fingerprint density at radius 3 is 2.48 bits per heavy atom. The molecule has 0 amide bonds. The molecule has 1 aliphatic rings. The van der Waals surface area contributed by atoms with Crippen molar-refractivity contribution in [1.82, 2.24) is 9.97 Å². The van der Waals surface area contributed by atoms with Gasteiger partial charge in [-0.1, -0.05) is 35.9 Å². The van der Waals surface area contributed by atoms with Gasteiger partial charge < -0.3 is 14.7 Å². The fourth-order valence-electron chi connectivity index (χ4n) is 3.45. The number of fused-ring (bicyclic) bond motifs is 4. The van der Waals surface area contributed by atoms with Gasteiger partial charge in [0.05, 0.1) is 6.61 Å². The molecule has 0 unspecified atom stereocenters. The molecule has 0 spiro atoms. The van der Waals surface area contributed by atoms with Crippen molar-refractivity contribution < 1.29 is 24.8 Å². The van der Waals surface area contributed by atoms with Crippen molar-refractivity contribution in [2.45, 2.75) is 6.61 Å². The van der Waals surface area contributed by atoms with Crippen LogP contribution in [0.5, 0.6) is 5.75 Å². The second-order valence-electron chi connectivity index (χ2n) is 6.90. The third kappa shape index (κ3) is 4.56. The van der Waals surface area contributed by atoms with E-state index in [2.05, 4.69) is 40.3 Å². The van der Waals surface area contributed by atoms with Crippen molar-refractivity contribution in [3.8, 4) is 28.3 Å². The number of ether oxygens (including phenoxy) is 1. The molecule has 0 atom stereocenters. The van der Waals surface area contributed by atoms with Crippen molar-refractivity contribution in [3.63, 3.8) is 0 Å². The first-order valence-electron chi connectivity index (χ1n) is 9.78. The fraction of sp³-hybridized carbons (Fsp3) is 0.0370. The third-order valence-corrected chi connectivity index (χ3v) is 4.95. The standard InChI is InChI=1S/C15H10N.C12H8NO.Ir/c1-2-6-12(7-3-1)15-10-13-8-4-5-9-14(13)11-16-15;1-2-5-10-9(4-1)8-14-11-6-3-7-13-12(10)11;/h1-6,8-11H;1-4,6-7H,8H2;/q2*-1;. The minimum Gasteiger partial charge on any atom is -0.506 e. The second kappa shape index (κ2) is 9.65. The first-order valence-corrected chi connectivity index (χ1v) is 9.78. The number of rotatable bonds is 1. The van der Waals surface area contributed by atoms with Crippen molar-refractivity contribution in [1.29, 1.82) is 0 Å². The van der Waals surface area contributed by atoms with Gasteiger partial charge in [0.25, 0.3) is 0 Å². The Morgan fingerprint density at radius 2 is 1.61 bits per heavy atom. The number of aromatic nitrogens is 2. The molecule has 5 aromatic rings. The predicted molar refractivity (Wildman–Crippen MR) is 119 cm³/mol. The summed E-state index contributed by atoms with van der Waals surface area (Å²) in [4.78, 5) is 8.75. The number of hydrogen-bond acceptors (Lipinski definition) is 3. The summed E-state index contributed by atoms with van der Waals surface area (Å²) in [6.45, 7) is 0.616. The molecule has 1 aliphatic heterocycles. The van der Waals surface area contributed by atoms with Crippen LogP contribution in [0.1, 0.15) is 5.56 Å². The van der Waals surface area contributed by atoms with Gasteiger partial charge in [-0.2, -0.15) is 0 Å². The van der Waals surface area contributed by atoms with E-state index in [9.17, 15) is 0 Å². The molecule has 0 bridgehead atoms. The number of hydrogen-bond donors (Lipinski definition) is 0. The molecule has 6 rings (SSSR count). The molecule has 153 valence electrons. The Kier molecular flexibility index (Phi) is 6.51. The van der Waals surface area contributed by atoms with Gasteiger partial charge in [-0.25, -0.2) is 0 Å². The van der Waals surface area contributed by atoms with Crippen LogP contribution in [0.25, 0.3) is 33.3 Å². The molecule has 0 aliphatic carbocycles. The molecule has 0 saturated carbocycles. The minimum atomic E-state index is 0. The van der Waals surface area contributed by atoms with Crippen LogP contribution in [0, 0.1) is 12.1 Å². The fourth-order valence-corrected chi connectivity index (χ4v) is 3.45. The van der Waals surface area contributed by atoms with Gasteiger partial charge in [-0.3, -0.25) is 0 Å². The Morgan fingerprint density at radius 1 is 0.774 bits per heavy atom. The van der Waals surface area contributed by atoms with Gasteiger partial charge in [0.1, 0.15) is 5.75 Å². The molecular weight excluding hydrogens is 561 g/mol. The normalized spacial score (nSPS) is 11.1. The summed E-state index contributed by atoms with van der Waals surface area (Å²) < 4.78 is 5.57. The van der Waals surface area contributed by atoms with E-state index in [1.807, 2.05) is 72.9 Å². The van der Waals surface area contributed by atoms with Crippen molar-refractivity contribution in [2.24, 2.45) is 0 Å². The summed E-state index contributed by atoms with van der Waals surface area (Å²) in [5.74, 6) is 0.849. The van der Waals surface area contributed by atoms with Crippen LogP contribution in [-0.4, -0.2) is 9.97 Å². The third-order valence-electron chi connectivity index (χ3n) is 4.95. The summed E-state index contributed by atoms with van der Waals surface area (Å²) >= 11 is 0. The molecule has 0 fully saturated rings. The summed E-state index contributed by atoms with van der Waals surface area (Å²) in [6, 6.07) is 34.4. The average Bonchev–Trinajstić information content (AvgIpc) is 2.84. The summed E-state index contributed by atoms with van der Waals surface area (Å²) in [7, 11) is 0. The maximum atomic E-state index is 5.57. The molecule has 31 heavy (non-hydrogen) atoms. The monoisotopic (exact) mass is 579 g/mol. The largest absolute Gasteiger partial charge is 0.506 e. The molecule has 2 aromatic heterocycles. The van der Waals surface area contributed by atoms with Gasteiger partial charge in [0.15, 0.2) is 0 Å². The SMILES string of the molecule is [Ir].[c-]1cccc2c1-c1ncccc1OC2.[c-]1ccccc1-c1cc2ccccc2cn1. The maximum absolute atomic E-state index is 5.57. The van der Waals surface area contributed by atoms with E-state index in [1.165, 1.54) is 10.8 Å². The summed E-state index contributed by atoms with van der Waals surface area (Å²) in [5.41, 5.74) is 5.12. The Bertz CT molecular complexity index is 1260. The number of pyridine rings is 2. The van der Waals surface area contributed by atoms with Crippen LogP contribution in [-0.2, 0) is 26.7 Å². The number of benzene rings is 3. The zero-order valence-electron chi connectivity index (χ0n) is 16.6. The quantitative estimate of drug-likeness (QED) is 0.224. The van der Waals surface area contributed by atoms with Crippen LogP contribution in [0.15, 0.2) is 97.3 Å². The topological polar surface area (TPSA) is 35.0 Å². The second-order valence-corrected chi connectivity index (χ2v) is 6.90. The first kappa shape index (κ1) is 20.9. The number of nitrogens with zero attached hydrogens (tertiary/aromatic N) is 2. The van der Waals surface area contributed by atoms with Crippen LogP contribution < -0.4 is 4.74 Å². The van der Waals surface area contributed by atoms with Crippen molar-refractivity contribution in [2.75, 3.05) is 0 Å². The van der Waals surface area contributed by atoms with E-state index in [4.69, 9.17) is 4.74 Å². The molecular formula is C27H18IrN2O-2. The van der Waals surface area contributed by atoms with E-state index >= 15 is 0 Å². The Balaban J connectivity index is 0.000000146. The van der Waals surface area contributed by atoms with Crippen LogP contribution in [0.3, 0.4) is 0 Å². The van der Waals surface area contributed by atoms with Gasteiger partial charge in [0.2, 0.25) is 0 Å². The first-order chi connectivity index (χ1) is 14.9. The predicted octanol–water partition coefficient (Wildman–Crippen LogP) is 6.14. The Hall–Kier alpha value is -3.33. The zero-order chi connectivity index (χ0) is 20.2. The smallest absolute Gasteiger partial charge is 0.103 e. The molecule has 3 aromatic carbocycles. The van der Waals surface area contributed by atoms with Gasteiger partial charge in [-0.15, -0.1) is 65.7 Å². The molecule has 3 heterocycles. The maximum Gasteiger partial charge on any atom is 0.103 e. The molecule has 3 nitrogen and oxygen atoms in total. The zero-order valence-corrected chi connectivity index (χ0v) is 19.0. The van der Waals surface area contributed by atoms with Crippen molar-refractivity contribution in [3.05, 3.63) is 115 Å². The van der Waals surface area contributed by atoms with E-state index in [-0.39, 0.29) is 20.1 Å². The van der Waals surface area contributed by atoms with Crippen LogP contribution in [0.2, 0.25) is 0 Å². The van der Waals surface area contributed by atoms with E-state index in [0.717, 1.165) is 33.8 Å². The van der Waals surface area contributed by atoms with Gasteiger partial charge in [0, 0.05) is 38.2 Å². The van der Waals surface area contributed by atoms with Gasteiger partial charge in [-0.05, 0) is 28.6 Å². The summed E-state index contributed by atoms with van der Waals surface area (Å²) in [5, 5.41) is 2.38. The molecule has 0 saturated heterocycles. The minimum absolute atomic E-state index is 0. The van der Waals surface area contributed by atoms with Crippen LogP contribution >= 0.6 is 0 Å². The van der Waals surface area contributed by atoms with Crippen LogP contribution in [0.4, 0.5) is 0 Å². The van der Waals surface area contributed by atoms with Crippen molar-refractivity contribution >= 4 is 10.8 Å². The molecule has 4 heteroatoms.